The molecule has 0 saturated carbocycles. The molecule has 0 aliphatic carbocycles. The minimum absolute atomic E-state index is 0.223. The lowest BCUT2D eigenvalue weighted by atomic mass is 10.1. The van der Waals surface area contributed by atoms with Crippen molar-refractivity contribution in [2.24, 2.45) is 5.73 Å². The van der Waals surface area contributed by atoms with Crippen LogP contribution in [0.15, 0.2) is 0 Å². The lowest BCUT2D eigenvalue weighted by Gasteiger charge is -2.27. The molecule has 24 heavy (non-hydrogen) atoms. The summed E-state index contributed by atoms with van der Waals surface area (Å²) >= 11 is 1.51. The predicted octanol–water partition coefficient (Wildman–Crippen LogP) is -0.898. The number of nitrogens with one attached hydrogen (secondary N) is 1. The van der Waals surface area contributed by atoms with Crippen LogP contribution in [0.3, 0.4) is 0 Å². The third kappa shape index (κ3) is 5.68. The summed E-state index contributed by atoms with van der Waals surface area (Å²) in [6, 6.07) is -3.17. The lowest BCUT2D eigenvalue weighted by Crippen LogP contribution is -2.55. The Morgan fingerprint density at radius 2 is 2.00 bits per heavy atom. The molecule has 0 bridgehead atoms. The van der Waals surface area contributed by atoms with Gasteiger partial charge >= 0.3 is 11.9 Å². The first-order valence-electron chi connectivity index (χ1n) is 7.57. The molecule has 1 fully saturated rings. The Bertz CT molecular complexity index is 501. The van der Waals surface area contributed by atoms with Gasteiger partial charge in [0.2, 0.25) is 11.8 Å². The summed E-state index contributed by atoms with van der Waals surface area (Å²) in [5.41, 5.74) is 5.72. The Labute approximate surface area is 143 Å². The predicted molar refractivity (Wildman–Crippen MR) is 87.5 cm³/mol. The van der Waals surface area contributed by atoms with E-state index in [1.54, 1.807) is 0 Å². The molecule has 2 amide bonds. The van der Waals surface area contributed by atoms with E-state index in [1.807, 2.05) is 6.26 Å². The molecule has 3 unspecified atom stereocenters. The Morgan fingerprint density at radius 3 is 2.54 bits per heavy atom. The molecule has 1 saturated heterocycles. The Balaban J connectivity index is 2.80. The molecule has 10 heteroatoms. The quantitative estimate of drug-likeness (QED) is 0.413. The van der Waals surface area contributed by atoms with E-state index in [9.17, 15) is 19.2 Å². The van der Waals surface area contributed by atoms with E-state index in [2.05, 4.69) is 5.32 Å². The van der Waals surface area contributed by atoms with Crippen LogP contribution in [0.1, 0.15) is 25.7 Å². The second-order valence-corrected chi connectivity index (χ2v) is 6.56. The first kappa shape index (κ1) is 20.2. The van der Waals surface area contributed by atoms with Crippen molar-refractivity contribution in [1.82, 2.24) is 10.2 Å². The molecule has 3 atom stereocenters. The summed E-state index contributed by atoms with van der Waals surface area (Å²) in [6.07, 6.45) is 2.46. The SMILES string of the molecule is CSCCC(N)C(=O)NC(CC(=O)O)C(=O)N1CCCC1C(=O)O. The third-order valence-corrected chi connectivity index (χ3v) is 4.43. The summed E-state index contributed by atoms with van der Waals surface area (Å²) < 4.78 is 0. The fraction of sp³-hybridized carbons (Fsp3) is 0.714. The van der Waals surface area contributed by atoms with Gasteiger partial charge in [-0.15, -0.1) is 0 Å². The van der Waals surface area contributed by atoms with Crippen molar-refractivity contribution in [2.75, 3.05) is 18.6 Å². The molecule has 0 aromatic carbocycles. The fourth-order valence-electron chi connectivity index (χ4n) is 2.52. The fourth-order valence-corrected chi connectivity index (χ4v) is 3.01. The normalized spacial score (nSPS) is 19.6. The molecule has 0 radical (unpaired) electrons. The number of carboxylic acid groups (broad SMARTS) is 2. The number of thioether (sulfide) groups is 1. The Hall–Kier alpha value is -1.81. The van der Waals surface area contributed by atoms with E-state index in [0.29, 0.717) is 25.0 Å². The van der Waals surface area contributed by atoms with Gasteiger partial charge in [-0.2, -0.15) is 11.8 Å². The second kappa shape index (κ2) is 9.48. The maximum atomic E-state index is 12.5. The topological polar surface area (TPSA) is 150 Å². The van der Waals surface area contributed by atoms with Crippen LogP contribution in [-0.4, -0.2) is 75.5 Å². The molecule has 0 aromatic rings. The van der Waals surface area contributed by atoms with E-state index >= 15 is 0 Å². The Kier molecular flexibility index (Phi) is 7.99. The van der Waals surface area contributed by atoms with Crippen molar-refractivity contribution >= 4 is 35.5 Å². The highest BCUT2D eigenvalue weighted by Gasteiger charge is 2.38. The van der Waals surface area contributed by atoms with Gasteiger partial charge < -0.3 is 26.2 Å². The zero-order valence-corrected chi connectivity index (χ0v) is 14.3. The molecule has 1 heterocycles. The smallest absolute Gasteiger partial charge is 0.326 e. The number of carboxylic acids is 2. The van der Waals surface area contributed by atoms with Gasteiger partial charge in [-0.25, -0.2) is 4.79 Å². The average molecular weight is 361 g/mol. The minimum atomic E-state index is -1.32. The highest BCUT2D eigenvalue weighted by Crippen LogP contribution is 2.19. The van der Waals surface area contributed by atoms with Crippen LogP contribution in [0.5, 0.6) is 0 Å². The van der Waals surface area contributed by atoms with Crippen molar-refractivity contribution in [1.29, 1.82) is 0 Å². The summed E-state index contributed by atoms with van der Waals surface area (Å²) in [5, 5.41) is 20.5. The average Bonchev–Trinajstić information content (AvgIpc) is 3.00. The number of hydrogen-bond donors (Lipinski definition) is 4. The third-order valence-electron chi connectivity index (χ3n) is 3.78. The molecule has 136 valence electrons. The zero-order valence-electron chi connectivity index (χ0n) is 13.4. The standard InChI is InChI=1S/C14H23N3O6S/c1-24-6-4-8(15)12(20)16-9(7-11(18)19)13(21)17-5-2-3-10(17)14(22)23/h8-10H,2-7,15H2,1H3,(H,16,20)(H,18,19)(H,22,23). The highest BCUT2D eigenvalue weighted by atomic mass is 32.2. The number of rotatable bonds is 9. The van der Waals surface area contributed by atoms with E-state index < -0.39 is 48.3 Å². The number of aliphatic carboxylic acids is 2. The van der Waals surface area contributed by atoms with Gasteiger partial charge in [0, 0.05) is 6.54 Å². The molecule has 0 spiro atoms. The molecular formula is C14H23N3O6S. The van der Waals surface area contributed by atoms with Gasteiger partial charge in [0.1, 0.15) is 12.1 Å². The number of amides is 2. The van der Waals surface area contributed by atoms with Crippen LogP contribution in [0.4, 0.5) is 0 Å². The highest BCUT2D eigenvalue weighted by molar-refractivity contribution is 7.98. The van der Waals surface area contributed by atoms with Gasteiger partial charge in [0.15, 0.2) is 0 Å². The van der Waals surface area contributed by atoms with Crippen LogP contribution in [-0.2, 0) is 19.2 Å². The molecule has 1 aliphatic rings. The zero-order chi connectivity index (χ0) is 18.3. The summed E-state index contributed by atoms with van der Waals surface area (Å²) in [5.74, 6) is -3.07. The molecule has 1 rings (SSSR count). The summed E-state index contributed by atoms with van der Waals surface area (Å²) in [7, 11) is 0. The maximum absolute atomic E-state index is 12.5. The summed E-state index contributed by atoms with van der Waals surface area (Å²) in [6.45, 7) is 0.223. The maximum Gasteiger partial charge on any atom is 0.326 e. The van der Waals surface area contributed by atoms with Crippen LogP contribution in [0.25, 0.3) is 0 Å². The number of likely N-dealkylation sites (tertiary alicyclic amines) is 1. The molecule has 9 nitrogen and oxygen atoms in total. The number of hydrogen-bond acceptors (Lipinski definition) is 6. The van der Waals surface area contributed by atoms with Crippen LogP contribution in [0, 0.1) is 0 Å². The largest absolute Gasteiger partial charge is 0.481 e. The van der Waals surface area contributed by atoms with Crippen molar-refractivity contribution in [3.8, 4) is 0 Å². The van der Waals surface area contributed by atoms with Gasteiger partial charge in [-0.05, 0) is 31.3 Å². The molecular weight excluding hydrogens is 338 g/mol. The summed E-state index contributed by atoms with van der Waals surface area (Å²) in [4.78, 5) is 47.9. The first-order valence-corrected chi connectivity index (χ1v) is 8.97. The second-order valence-electron chi connectivity index (χ2n) is 5.57. The number of carbonyl (C=O) groups excluding carboxylic acids is 2. The van der Waals surface area contributed by atoms with Gasteiger partial charge in [-0.3, -0.25) is 14.4 Å². The van der Waals surface area contributed by atoms with Crippen molar-refractivity contribution < 1.29 is 29.4 Å². The van der Waals surface area contributed by atoms with Crippen LogP contribution < -0.4 is 11.1 Å². The monoisotopic (exact) mass is 361 g/mol. The van der Waals surface area contributed by atoms with Crippen molar-refractivity contribution in [3.63, 3.8) is 0 Å². The lowest BCUT2D eigenvalue weighted by molar-refractivity contribution is -0.150. The number of carbonyl (C=O) groups is 4. The van der Waals surface area contributed by atoms with Gasteiger partial charge in [-0.1, -0.05) is 0 Å². The molecule has 1 aliphatic heterocycles. The molecule has 5 N–H and O–H groups in total. The first-order chi connectivity index (χ1) is 11.3. The molecule has 0 aromatic heterocycles. The van der Waals surface area contributed by atoms with Crippen LogP contribution in [0.2, 0.25) is 0 Å². The van der Waals surface area contributed by atoms with E-state index in [4.69, 9.17) is 15.9 Å². The van der Waals surface area contributed by atoms with Gasteiger partial charge in [0.05, 0.1) is 12.5 Å². The van der Waals surface area contributed by atoms with Crippen LogP contribution >= 0.6 is 11.8 Å². The minimum Gasteiger partial charge on any atom is -0.481 e. The number of nitrogens with two attached hydrogens (primary N) is 1. The van der Waals surface area contributed by atoms with Crippen molar-refractivity contribution in [2.45, 2.75) is 43.8 Å². The van der Waals surface area contributed by atoms with E-state index in [0.717, 1.165) is 4.90 Å². The Morgan fingerprint density at radius 1 is 1.33 bits per heavy atom. The van der Waals surface area contributed by atoms with E-state index in [1.165, 1.54) is 11.8 Å². The van der Waals surface area contributed by atoms with Gasteiger partial charge in [0.25, 0.3) is 0 Å². The van der Waals surface area contributed by atoms with E-state index in [-0.39, 0.29) is 6.54 Å². The number of nitrogens with zero attached hydrogens (tertiary/aromatic N) is 1. The van der Waals surface area contributed by atoms with Crippen molar-refractivity contribution in [3.05, 3.63) is 0 Å².